The highest BCUT2D eigenvalue weighted by Crippen LogP contribution is 2.31. The molecule has 0 spiro atoms. The Bertz CT molecular complexity index is 1220. The number of methoxy groups -OCH3 is 1. The molecule has 0 aliphatic carbocycles. The number of rotatable bonds is 8. The molecule has 0 aliphatic heterocycles. The molecule has 0 amide bonds. The monoisotopic (exact) mass is 501 g/mol. The number of benzene rings is 2. The van der Waals surface area contributed by atoms with Gasteiger partial charge in [0, 0.05) is 16.5 Å². The number of nitrogens with zero attached hydrogens (tertiary/aromatic N) is 3. The van der Waals surface area contributed by atoms with Gasteiger partial charge in [0.25, 0.3) is 5.56 Å². The Morgan fingerprint density at radius 1 is 1.28 bits per heavy atom. The van der Waals surface area contributed by atoms with Crippen LogP contribution in [0.3, 0.4) is 0 Å². The molecule has 0 N–H and O–H groups in total. The summed E-state index contributed by atoms with van der Waals surface area (Å²) >= 11 is 3.39. The van der Waals surface area contributed by atoms with Gasteiger partial charge in [0.05, 0.1) is 30.8 Å². The van der Waals surface area contributed by atoms with Crippen molar-refractivity contribution in [3.8, 4) is 11.5 Å². The second kappa shape index (κ2) is 10.4. The SMILES string of the molecule is CCOC(=O)[C@@H](C)Oc1c(C=Nn2c(CC)nc3ccc(Br)cc3c2=O)cccc1OC. The number of hydrogen-bond acceptors (Lipinski definition) is 7. The highest BCUT2D eigenvalue weighted by molar-refractivity contribution is 9.10. The molecule has 32 heavy (non-hydrogen) atoms. The molecule has 9 heteroatoms. The Morgan fingerprint density at radius 3 is 2.75 bits per heavy atom. The van der Waals surface area contributed by atoms with Gasteiger partial charge in [-0.05, 0) is 44.2 Å². The molecular weight excluding hydrogens is 478 g/mol. The summed E-state index contributed by atoms with van der Waals surface area (Å²) < 4.78 is 18.3. The van der Waals surface area contributed by atoms with E-state index in [0.717, 1.165) is 4.47 Å². The van der Waals surface area contributed by atoms with E-state index in [9.17, 15) is 9.59 Å². The maximum atomic E-state index is 13.1. The van der Waals surface area contributed by atoms with E-state index in [1.54, 1.807) is 44.2 Å². The molecule has 0 saturated heterocycles. The summed E-state index contributed by atoms with van der Waals surface area (Å²) in [5, 5.41) is 4.85. The van der Waals surface area contributed by atoms with E-state index in [1.165, 1.54) is 18.0 Å². The van der Waals surface area contributed by atoms with Crippen molar-refractivity contribution in [2.45, 2.75) is 33.3 Å². The lowest BCUT2D eigenvalue weighted by molar-refractivity contribution is -0.150. The lowest BCUT2D eigenvalue weighted by Gasteiger charge is -2.17. The minimum Gasteiger partial charge on any atom is -0.493 e. The van der Waals surface area contributed by atoms with Crippen LogP contribution in [0.1, 0.15) is 32.2 Å². The first-order valence-electron chi connectivity index (χ1n) is 10.1. The van der Waals surface area contributed by atoms with Gasteiger partial charge in [0.1, 0.15) is 5.82 Å². The fraction of sp³-hybridized carbons (Fsp3) is 0.304. The Balaban J connectivity index is 2.06. The fourth-order valence-corrected chi connectivity index (χ4v) is 3.43. The first-order chi connectivity index (χ1) is 15.4. The molecule has 1 atom stereocenters. The number of aryl methyl sites for hydroxylation is 1. The molecule has 1 aromatic heterocycles. The number of hydrogen-bond donors (Lipinski definition) is 0. The molecule has 0 fully saturated rings. The number of esters is 1. The molecule has 0 bridgehead atoms. The zero-order chi connectivity index (χ0) is 23.3. The molecule has 8 nitrogen and oxygen atoms in total. The lowest BCUT2D eigenvalue weighted by atomic mass is 10.2. The van der Waals surface area contributed by atoms with Crippen molar-refractivity contribution in [3.05, 3.63) is 62.6 Å². The normalized spacial score (nSPS) is 12.2. The van der Waals surface area contributed by atoms with Crippen LogP contribution in [0.2, 0.25) is 0 Å². The molecule has 2 aromatic carbocycles. The average molecular weight is 502 g/mol. The van der Waals surface area contributed by atoms with Crippen LogP contribution in [0.5, 0.6) is 11.5 Å². The summed E-state index contributed by atoms with van der Waals surface area (Å²) in [5.41, 5.74) is 0.855. The van der Waals surface area contributed by atoms with E-state index < -0.39 is 12.1 Å². The topological polar surface area (TPSA) is 92.0 Å². The fourth-order valence-electron chi connectivity index (χ4n) is 3.07. The van der Waals surface area contributed by atoms with Gasteiger partial charge in [-0.1, -0.05) is 28.9 Å². The number of fused-ring (bicyclic) bond motifs is 1. The highest BCUT2D eigenvalue weighted by Gasteiger charge is 2.20. The molecule has 168 valence electrons. The maximum absolute atomic E-state index is 13.1. The number of halogens is 1. The van der Waals surface area contributed by atoms with Crippen LogP contribution in [-0.4, -0.2) is 41.7 Å². The number of carbonyl (C=O) groups is 1. The highest BCUT2D eigenvalue weighted by atomic mass is 79.9. The zero-order valence-corrected chi connectivity index (χ0v) is 19.9. The number of para-hydroxylation sites is 1. The van der Waals surface area contributed by atoms with Gasteiger partial charge in [-0.3, -0.25) is 4.79 Å². The van der Waals surface area contributed by atoms with Crippen molar-refractivity contribution < 1.29 is 19.0 Å². The summed E-state index contributed by atoms with van der Waals surface area (Å²) in [7, 11) is 1.50. The second-order valence-corrected chi connectivity index (χ2v) is 7.71. The molecule has 0 radical (unpaired) electrons. The van der Waals surface area contributed by atoms with E-state index in [-0.39, 0.29) is 12.2 Å². The van der Waals surface area contributed by atoms with Crippen molar-refractivity contribution >= 4 is 39.0 Å². The predicted molar refractivity (Wildman–Crippen MR) is 126 cm³/mol. The summed E-state index contributed by atoms with van der Waals surface area (Å²) in [4.78, 5) is 29.7. The molecule has 3 rings (SSSR count). The Kier molecular flexibility index (Phi) is 7.63. The Hall–Kier alpha value is -3.20. The van der Waals surface area contributed by atoms with Crippen LogP contribution in [-0.2, 0) is 16.0 Å². The van der Waals surface area contributed by atoms with Crippen molar-refractivity contribution in [3.63, 3.8) is 0 Å². The molecule has 3 aromatic rings. The van der Waals surface area contributed by atoms with Crippen molar-refractivity contribution in [2.24, 2.45) is 5.10 Å². The summed E-state index contributed by atoms with van der Waals surface area (Å²) in [6.07, 6.45) is 1.15. The first kappa shape index (κ1) is 23.5. The molecule has 1 heterocycles. The second-order valence-electron chi connectivity index (χ2n) is 6.80. The smallest absolute Gasteiger partial charge is 0.347 e. The van der Waals surface area contributed by atoms with Crippen LogP contribution in [0.4, 0.5) is 0 Å². The van der Waals surface area contributed by atoms with Gasteiger partial charge in [-0.25, -0.2) is 9.78 Å². The molecular formula is C23H24BrN3O5. The Labute approximate surface area is 194 Å². The van der Waals surface area contributed by atoms with Crippen LogP contribution < -0.4 is 15.0 Å². The molecule has 0 saturated carbocycles. The van der Waals surface area contributed by atoms with Gasteiger partial charge in [0.15, 0.2) is 17.6 Å². The number of carbonyl (C=O) groups excluding carboxylic acids is 1. The zero-order valence-electron chi connectivity index (χ0n) is 18.3. The van der Waals surface area contributed by atoms with Crippen molar-refractivity contribution in [1.82, 2.24) is 9.66 Å². The third kappa shape index (κ3) is 4.99. The van der Waals surface area contributed by atoms with Gasteiger partial charge in [0.2, 0.25) is 0 Å². The van der Waals surface area contributed by atoms with Crippen molar-refractivity contribution in [2.75, 3.05) is 13.7 Å². The van der Waals surface area contributed by atoms with Gasteiger partial charge in [-0.15, -0.1) is 0 Å². The lowest BCUT2D eigenvalue weighted by Crippen LogP contribution is -2.26. The van der Waals surface area contributed by atoms with Crippen LogP contribution in [0, 0.1) is 0 Å². The van der Waals surface area contributed by atoms with Crippen molar-refractivity contribution in [1.29, 1.82) is 0 Å². The first-order valence-corrected chi connectivity index (χ1v) is 10.9. The van der Waals surface area contributed by atoms with E-state index in [0.29, 0.717) is 40.2 Å². The van der Waals surface area contributed by atoms with Crippen LogP contribution >= 0.6 is 15.9 Å². The summed E-state index contributed by atoms with van der Waals surface area (Å²) in [6.45, 7) is 5.47. The largest absolute Gasteiger partial charge is 0.493 e. The van der Waals surface area contributed by atoms with Gasteiger partial charge < -0.3 is 14.2 Å². The van der Waals surface area contributed by atoms with Crippen LogP contribution in [0.25, 0.3) is 10.9 Å². The van der Waals surface area contributed by atoms with Crippen LogP contribution in [0.15, 0.2) is 50.8 Å². The number of ether oxygens (including phenoxy) is 3. The summed E-state index contributed by atoms with van der Waals surface area (Å²) in [5.74, 6) is 0.775. The average Bonchev–Trinajstić information content (AvgIpc) is 2.79. The molecule has 0 unspecified atom stereocenters. The molecule has 0 aliphatic rings. The third-order valence-corrected chi connectivity index (χ3v) is 5.14. The summed E-state index contributed by atoms with van der Waals surface area (Å²) in [6, 6.07) is 10.6. The quantitative estimate of drug-likeness (QED) is 0.342. The van der Waals surface area contributed by atoms with E-state index >= 15 is 0 Å². The standard InChI is InChI=1S/C23H24BrN3O5/c1-5-20-26-18-11-10-16(24)12-17(18)22(28)27(20)25-13-15-8-7-9-19(30-4)21(15)32-14(3)23(29)31-6-2/h7-14H,5-6H2,1-4H3/t14-/m1/s1. The van der Waals surface area contributed by atoms with Gasteiger partial charge in [-0.2, -0.15) is 9.78 Å². The minimum atomic E-state index is -0.855. The van der Waals surface area contributed by atoms with E-state index in [1.807, 2.05) is 13.0 Å². The maximum Gasteiger partial charge on any atom is 0.347 e. The number of aromatic nitrogens is 2. The third-order valence-electron chi connectivity index (χ3n) is 4.65. The van der Waals surface area contributed by atoms with E-state index in [4.69, 9.17) is 14.2 Å². The van der Waals surface area contributed by atoms with E-state index in [2.05, 4.69) is 26.0 Å². The Morgan fingerprint density at radius 2 is 2.06 bits per heavy atom. The van der Waals surface area contributed by atoms with Gasteiger partial charge >= 0.3 is 5.97 Å². The minimum absolute atomic E-state index is 0.251. The predicted octanol–water partition coefficient (Wildman–Crippen LogP) is 3.94.